The molecule has 0 aliphatic carbocycles. The zero-order valence-electron chi connectivity index (χ0n) is 15.8. The number of ether oxygens (including phenoxy) is 3. The van der Waals surface area contributed by atoms with E-state index in [9.17, 15) is 39.5 Å². The molecule has 0 radical (unpaired) electrons. The van der Waals surface area contributed by atoms with Crippen molar-refractivity contribution in [2.24, 2.45) is 17.6 Å². The van der Waals surface area contributed by atoms with Gasteiger partial charge in [0.05, 0.1) is 0 Å². The molecule has 0 fully saturated rings. The van der Waals surface area contributed by atoms with Gasteiger partial charge in [-0.3, -0.25) is 0 Å². The van der Waals surface area contributed by atoms with Crippen LogP contribution in [0.3, 0.4) is 0 Å². The normalized spacial score (nSPS) is 14.9. The van der Waals surface area contributed by atoms with E-state index >= 15 is 0 Å². The van der Waals surface area contributed by atoms with Gasteiger partial charge in [0.15, 0.2) is 11.5 Å². The van der Waals surface area contributed by atoms with Crippen molar-refractivity contribution in [2.75, 3.05) is 6.54 Å². The van der Waals surface area contributed by atoms with Gasteiger partial charge in [-0.05, 0) is 49.8 Å². The average Bonchev–Trinajstić information content (AvgIpc) is 2.52. The Balaban J connectivity index is 3.40. The zero-order valence-corrected chi connectivity index (χ0v) is 15.8. The molecule has 0 bridgehead atoms. The fourth-order valence-corrected chi connectivity index (χ4v) is 2.77. The number of rotatable bonds is 9. The summed E-state index contributed by atoms with van der Waals surface area (Å²) in [6.07, 6.45) is -16.2. The van der Waals surface area contributed by atoms with Gasteiger partial charge in [-0.25, -0.2) is 0 Å². The van der Waals surface area contributed by atoms with Gasteiger partial charge in [0, 0.05) is 5.56 Å². The predicted octanol–water partition coefficient (Wildman–Crippen LogP) is 5.94. The standard InChI is InChI=1S/C17H20F9NO3/c1-9(7-10(2)8-27)3-4-11-12(28-15(18,19)20)5-6-13(29-16(21,22)23)14(11)30-17(24,25)26/h5-6,9-10H,3-4,7-8,27H2,1-2H3. The number of halogens is 9. The molecule has 0 aromatic heterocycles. The molecule has 174 valence electrons. The van der Waals surface area contributed by atoms with Crippen LogP contribution in [0, 0.1) is 11.8 Å². The second-order valence-corrected chi connectivity index (χ2v) is 6.73. The van der Waals surface area contributed by atoms with Crippen LogP contribution in [0.4, 0.5) is 39.5 Å². The molecule has 2 unspecified atom stereocenters. The highest BCUT2D eigenvalue weighted by Gasteiger charge is 2.40. The quantitative estimate of drug-likeness (QED) is 0.467. The Labute approximate surface area is 166 Å². The van der Waals surface area contributed by atoms with Crippen molar-refractivity contribution in [2.45, 2.75) is 52.2 Å². The Morgan fingerprint density at radius 1 is 0.767 bits per heavy atom. The van der Waals surface area contributed by atoms with Crippen molar-refractivity contribution in [1.82, 2.24) is 0 Å². The van der Waals surface area contributed by atoms with E-state index in [2.05, 4.69) is 14.2 Å². The highest BCUT2D eigenvalue weighted by molar-refractivity contribution is 5.54. The molecule has 1 rings (SSSR count). The van der Waals surface area contributed by atoms with Crippen molar-refractivity contribution >= 4 is 0 Å². The van der Waals surface area contributed by atoms with Gasteiger partial charge in [-0.2, -0.15) is 0 Å². The van der Waals surface area contributed by atoms with Crippen molar-refractivity contribution in [1.29, 1.82) is 0 Å². The van der Waals surface area contributed by atoms with Crippen LogP contribution in [0.15, 0.2) is 12.1 Å². The molecular weight excluding hydrogens is 437 g/mol. The van der Waals surface area contributed by atoms with Gasteiger partial charge in [0.25, 0.3) is 0 Å². The molecule has 0 spiro atoms. The zero-order chi connectivity index (χ0) is 23.3. The van der Waals surface area contributed by atoms with Gasteiger partial charge in [-0.15, -0.1) is 39.5 Å². The molecular formula is C17H20F9NO3. The van der Waals surface area contributed by atoms with Crippen molar-refractivity contribution in [3.8, 4) is 17.2 Å². The summed E-state index contributed by atoms with van der Waals surface area (Å²) in [4.78, 5) is 0. The first-order valence-electron chi connectivity index (χ1n) is 8.64. The Morgan fingerprint density at radius 2 is 1.23 bits per heavy atom. The summed E-state index contributed by atoms with van der Waals surface area (Å²) in [7, 11) is 0. The highest BCUT2D eigenvalue weighted by Crippen LogP contribution is 2.44. The molecule has 0 saturated carbocycles. The Morgan fingerprint density at radius 3 is 1.70 bits per heavy atom. The predicted molar refractivity (Wildman–Crippen MR) is 86.8 cm³/mol. The molecule has 0 heterocycles. The number of alkyl halides is 9. The Bertz CT molecular complexity index is 687. The van der Waals surface area contributed by atoms with E-state index in [0.29, 0.717) is 19.0 Å². The minimum Gasteiger partial charge on any atom is -0.405 e. The lowest BCUT2D eigenvalue weighted by molar-refractivity contribution is -0.288. The first-order valence-corrected chi connectivity index (χ1v) is 8.64. The lowest BCUT2D eigenvalue weighted by atomic mass is 9.91. The number of benzene rings is 1. The maximum Gasteiger partial charge on any atom is 0.573 e. The summed E-state index contributed by atoms with van der Waals surface area (Å²) in [6.45, 7) is 3.78. The first-order chi connectivity index (χ1) is 13.5. The van der Waals surface area contributed by atoms with Crippen LogP contribution in [-0.2, 0) is 6.42 Å². The molecule has 0 aliphatic heterocycles. The second kappa shape index (κ2) is 9.84. The van der Waals surface area contributed by atoms with E-state index < -0.39 is 48.3 Å². The van der Waals surface area contributed by atoms with Gasteiger partial charge in [-0.1, -0.05) is 13.8 Å². The first kappa shape index (κ1) is 26.0. The molecule has 0 aliphatic rings. The smallest absolute Gasteiger partial charge is 0.405 e. The van der Waals surface area contributed by atoms with Gasteiger partial charge in [0.2, 0.25) is 0 Å². The Hall–Kier alpha value is -2.05. The van der Waals surface area contributed by atoms with Crippen LogP contribution in [0.2, 0.25) is 0 Å². The third kappa shape index (κ3) is 9.63. The molecule has 30 heavy (non-hydrogen) atoms. The van der Waals surface area contributed by atoms with Crippen LogP contribution in [-0.4, -0.2) is 25.6 Å². The summed E-state index contributed by atoms with van der Waals surface area (Å²) in [5.41, 5.74) is 4.63. The summed E-state index contributed by atoms with van der Waals surface area (Å²) in [6, 6.07) is 0.708. The maximum atomic E-state index is 12.8. The van der Waals surface area contributed by atoms with Crippen LogP contribution in [0.5, 0.6) is 17.2 Å². The van der Waals surface area contributed by atoms with Gasteiger partial charge < -0.3 is 19.9 Å². The summed E-state index contributed by atoms with van der Waals surface area (Å²) in [5.74, 6) is -4.28. The SMILES string of the molecule is CC(CN)CC(C)CCc1c(OC(F)(F)F)ccc(OC(F)(F)F)c1OC(F)(F)F. The van der Waals surface area contributed by atoms with Crippen molar-refractivity contribution < 1.29 is 53.7 Å². The molecule has 1 aromatic rings. The number of hydrogen-bond acceptors (Lipinski definition) is 4. The summed E-state index contributed by atoms with van der Waals surface area (Å²) in [5, 5.41) is 0. The number of nitrogens with two attached hydrogens (primary N) is 1. The topological polar surface area (TPSA) is 53.7 Å². The van der Waals surface area contributed by atoms with Crippen LogP contribution >= 0.6 is 0 Å². The molecule has 2 N–H and O–H groups in total. The summed E-state index contributed by atoms with van der Waals surface area (Å²) >= 11 is 0. The third-order valence-electron chi connectivity index (χ3n) is 3.94. The molecule has 0 saturated heterocycles. The molecule has 4 nitrogen and oxygen atoms in total. The Kier molecular flexibility index (Phi) is 8.52. The maximum absolute atomic E-state index is 12.8. The van der Waals surface area contributed by atoms with E-state index in [1.54, 1.807) is 13.8 Å². The van der Waals surface area contributed by atoms with Crippen molar-refractivity contribution in [3.05, 3.63) is 17.7 Å². The fraction of sp³-hybridized carbons (Fsp3) is 0.647. The van der Waals surface area contributed by atoms with E-state index in [4.69, 9.17) is 5.73 Å². The van der Waals surface area contributed by atoms with E-state index in [-0.39, 0.29) is 24.3 Å². The second-order valence-electron chi connectivity index (χ2n) is 6.73. The lowest BCUT2D eigenvalue weighted by Gasteiger charge is -2.22. The minimum absolute atomic E-state index is 0.0247. The van der Waals surface area contributed by atoms with E-state index in [1.165, 1.54) is 0 Å². The monoisotopic (exact) mass is 457 g/mol. The molecule has 13 heteroatoms. The van der Waals surface area contributed by atoms with Crippen LogP contribution < -0.4 is 19.9 Å². The molecule has 0 amide bonds. The van der Waals surface area contributed by atoms with Crippen LogP contribution in [0.1, 0.15) is 32.3 Å². The average molecular weight is 457 g/mol. The van der Waals surface area contributed by atoms with Gasteiger partial charge in [0.1, 0.15) is 5.75 Å². The molecule has 2 atom stereocenters. The van der Waals surface area contributed by atoms with E-state index in [0.717, 1.165) is 0 Å². The minimum atomic E-state index is -5.49. The molecule has 1 aromatic carbocycles. The van der Waals surface area contributed by atoms with E-state index in [1.807, 2.05) is 0 Å². The van der Waals surface area contributed by atoms with Gasteiger partial charge >= 0.3 is 19.1 Å². The van der Waals surface area contributed by atoms with Crippen molar-refractivity contribution in [3.63, 3.8) is 0 Å². The lowest BCUT2D eigenvalue weighted by Crippen LogP contribution is -2.24. The number of hydrogen-bond donors (Lipinski definition) is 1. The van der Waals surface area contributed by atoms with Crippen LogP contribution in [0.25, 0.3) is 0 Å². The fourth-order valence-electron chi connectivity index (χ4n) is 2.77. The highest BCUT2D eigenvalue weighted by atomic mass is 19.4. The largest absolute Gasteiger partial charge is 0.573 e. The third-order valence-corrected chi connectivity index (χ3v) is 3.94. The summed E-state index contributed by atoms with van der Waals surface area (Å²) < 4.78 is 125.